The SMILES string of the molecule is Clc1nc(Cl)nc(Nc2ccccc2Cl)n1.NCCO. The molecule has 0 spiro atoms. The van der Waals surface area contributed by atoms with Crippen molar-refractivity contribution in [3.63, 3.8) is 0 Å². The monoisotopic (exact) mass is 335 g/mol. The highest BCUT2D eigenvalue weighted by atomic mass is 35.5. The number of halogens is 3. The predicted molar refractivity (Wildman–Crippen MR) is 80.7 cm³/mol. The molecule has 0 aliphatic rings. The molecule has 4 N–H and O–H groups in total. The first-order chi connectivity index (χ1) is 9.56. The second kappa shape index (κ2) is 8.89. The van der Waals surface area contributed by atoms with Gasteiger partial charge in [-0.2, -0.15) is 15.0 Å². The van der Waals surface area contributed by atoms with Crippen LogP contribution in [-0.4, -0.2) is 33.2 Å². The summed E-state index contributed by atoms with van der Waals surface area (Å²) in [5.74, 6) is 0.248. The van der Waals surface area contributed by atoms with E-state index in [1.54, 1.807) is 12.1 Å². The molecule has 0 saturated carbocycles. The Bertz CT molecular complexity index is 533. The highest BCUT2D eigenvalue weighted by Crippen LogP contribution is 2.23. The fraction of sp³-hybridized carbons (Fsp3) is 0.182. The molecule has 0 aliphatic heterocycles. The summed E-state index contributed by atoms with van der Waals surface area (Å²) in [4.78, 5) is 11.4. The molecule has 2 rings (SSSR count). The first-order valence-electron chi connectivity index (χ1n) is 5.46. The van der Waals surface area contributed by atoms with E-state index in [-0.39, 0.29) is 23.1 Å². The number of rotatable bonds is 3. The van der Waals surface area contributed by atoms with E-state index in [2.05, 4.69) is 20.3 Å². The Kier molecular flexibility index (Phi) is 7.50. The fourth-order valence-corrected chi connectivity index (χ4v) is 1.61. The number of nitrogens with zero attached hydrogens (tertiary/aromatic N) is 3. The summed E-state index contributed by atoms with van der Waals surface area (Å²) in [7, 11) is 0. The second-order valence-corrected chi connectivity index (χ2v) is 4.40. The number of nitrogens with two attached hydrogens (primary N) is 1. The summed E-state index contributed by atoms with van der Waals surface area (Å²) >= 11 is 17.2. The molecule has 6 nitrogen and oxygen atoms in total. The molecule has 0 saturated heterocycles. The van der Waals surface area contributed by atoms with Crippen molar-refractivity contribution >= 4 is 46.4 Å². The van der Waals surface area contributed by atoms with Gasteiger partial charge in [-0.05, 0) is 35.3 Å². The van der Waals surface area contributed by atoms with Crippen LogP contribution in [0.1, 0.15) is 0 Å². The van der Waals surface area contributed by atoms with Crippen LogP contribution < -0.4 is 11.1 Å². The summed E-state index contributed by atoms with van der Waals surface area (Å²) < 4.78 is 0. The van der Waals surface area contributed by atoms with Crippen LogP contribution in [-0.2, 0) is 0 Å². The number of benzene rings is 1. The van der Waals surface area contributed by atoms with Crippen LogP contribution in [0.25, 0.3) is 0 Å². The Balaban J connectivity index is 0.000000444. The molecule has 0 bridgehead atoms. The molecule has 0 radical (unpaired) electrons. The number of nitrogens with one attached hydrogen (secondary N) is 1. The van der Waals surface area contributed by atoms with Gasteiger partial charge in [0.05, 0.1) is 17.3 Å². The summed E-state index contributed by atoms with van der Waals surface area (Å²) in [6.45, 7) is 0.472. The quantitative estimate of drug-likeness (QED) is 0.797. The zero-order valence-electron chi connectivity index (χ0n) is 10.2. The van der Waals surface area contributed by atoms with E-state index in [1.165, 1.54) is 0 Å². The van der Waals surface area contributed by atoms with Crippen LogP contribution in [0.2, 0.25) is 15.6 Å². The molecule has 1 aromatic heterocycles. The van der Waals surface area contributed by atoms with Gasteiger partial charge in [-0.3, -0.25) is 0 Å². The van der Waals surface area contributed by atoms with E-state index in [0.717, 1.165) is 0 Å². The van der Waals surface area contributed by atoms with Crippen molar-refractivity contribution in [3.05, 3.63) is 39.9 Å². The van der Waals surface area contributed by atoms with Crippen LogP contribution >= 0.6 is 34.8 Å². The highest BCUT2D eigenvalue weighted by molar-refractivity contribution is 6.33. The number of hydrogen-bond donors (Lipinski definition) is 3. The average molecular weight is 337 g/mol. The molecule has 0 unspecified atom stereocenters. The van der Waals surface area contributed by atoms with E-state index >= 15 is 0 Å². The number of hydrogen-bond acceptors (Lipinski definition) is 6. The Labute approximate surface area is 130 Å². The van der Waals surface area contributed by atoms with E-state index in [0.29, 0.717) is 17.3 Å². The number of para-hydroxylation sites is 1. The molecule has 9 heteroatoms. The fourth-order valence-electron chi connectivity index (χ4n) is 1.06. The van der Waals surface area contributed by atoms with E-state index in [4.69, 9.17) is 45.6 Å². The summed E-state index contributed by atoms with van der Waals surface area (Å²) in [5, 5.41) is 11.2. The third-order valence-electron chi connectivity index (χ3n) is 1.83. The van der Waals surface area contributed by atoms with Gasteiger partial charge >= 0.3 is 0 Å². The Morgan fingerprint density at radius 2 is 1.60 bits per heavy atom. The van der Waals surface area contributed by atoms with E-state index < -0.39 is 0 Å². The maximum Gasteiger partial charge on any atom is 0.232 e. The standard InChI is InChI=1S/C9H5Cl3N4.C2H7NO/c10-5-3-1-2-4-6(5)13-9-15-7(11)14-8(12)16-9;3-1-2-4/h1-4H,(H,13,14,15,16);4H,1-3H2. The first-order valence-corrected chi connectivity index (χ1v) is 6.59. The maximum atomic E-state index is 7.75. The lowest BCUT2D eigenvalue weighted by atomic mass is 10.3. The van der Waals surface area contributed by atoms with Crippen molar-refractivity contribution in [1.82, 2.24) is 15.0 Å². The van der Waals surface area contributed by atoms with Crippen molar-refractivity contribution in [1.29, 1.82) is 0 Å². The van der Waals surface area contributed by atoms with Crippen molar-refractivity contribution < 1.29 is 5.11 Å². The molecule has 1 aromatic carbocycles. The Morgan fingerprint density at radius 1 is 1.05 bits per heavy atom. The summed E-state index contributed by atoms with van der Waals surface area (Å²) in [5.41, 5.74) is 5.45. The predicted octanol–water partition coefficient (Wildman–Crippen LogP) is 2.51. The normalized spacial score (nSPS) is 9.65. The molecule has 0 aliphatic carbocycles. The van der Waals surface area contributed by atoms with Gasteiger partial charge < -0.3 is 16.2 Å². The van der Waals surface area contributed by atoms with Gasteiger partial charge in [-0.15, -0.1) is 0 Å². The van der Waals surface area contributed by atoms with Gasteiger partial charge in [-0.25, -0.2) is 0 Å². The van der Waals surface area contributed by atoms with Gasteiger partial charge in [0.15, 0.2) is 0 Å². The minimum atomic E-state index is 0.0227. The van der Waals surface area contributed by atoms with Crippen molar-refractivity contribution in [2.75, 3.05) is 18.5 Å². The van der Waals surface area contributed by atoms with Crippen molar-refractivity contribution in [2.45, 2.75) is 0 Å². The maximum absolute atomic E-state index is 7.75. The van der Waals surface area contributed by atoms with Crippen LogP contribution in [0.15, 0.2) is 24.3 Å². The number of anilines is 2. The molecule has 2 aromatic rings. The number of aliphatic hydroxyl groups excluding tert-OH is 1. The first kappa shape index (κ1) is 16.9. The smallest absolute Gasteiger partial charge is 0.232 e. The minimum absolute atomic E-state index is 0.0227. The summed E-state index contributed by atoms with van der Waals surface area (Å²) in [6.07, 6.45) is 0. The van der Waals surface area contributed by atoms with E-state index in [1.807, 2.05) is 12.1 Å². The number of aromatic nitrogens is 3. The van der Waals surface area contributed by atoms with Gasteiger partial charge in [0.2, 0.25) is 16.5 Å². The Morgan fingerprint density at radius 3 is 2.10 bits per heavy atom. The Hall–Kier alpha value is -1.18. The van der Waals surface area contributed by atoms with Crippen LogP contribution in [0, 0.1) is 0 Å². The van der Waals surface area contributed by atoms with Crippen LogP contribution in [0.5, 0.6) is 0 Å². The van der Waals surface area contributed by atoms with Gasteiger partial charge in [0.25, 0.3) is 0 Å². The molecular weight excluding hydrogens is 325 g/mol. The lowest BCUT2D eigenvalue weighted by molar-refractivity contribution is 0.306. The second-order valence-electron chi connectivity index (χ2n) is 3.31. The number of aliphatic hydroxyl groups is 1. The molecule has 0 amide bonds. The lowest BCUT2D eigenvalue weighted by Gasteiger charge is -2.06. The summed E-state index contributed by atoms with van der Waals surface area (Å²) in [6, 6.07) is 7.18. The van der Waals surface area contributed by atoms with Crippen molar-refractivity contribution in [3.8, 4) is 0 Å². The van der Waals surface area contributed by atoms with Crippen LogP contribution in [0.3, 0.4) is 0 Å². The third kappa shape index (κ3) is 5.85. The van der Waals surface area contributed by atoms with Gasteiger partial charge in [0.1, 0.15) is 0 Å². The van der Waals surface area contributed by atoms with Gasteiger partial charge in [-0.1, -0.05) is 23.7 Å². The molecular formula is C11H12Cl3N5O. The third-order valence-corrected chi connectivity index (χ3v) is 2.50. The zero-order chi connectivity index (χ0) is 15.0. The lowest BCUT2D eigenvalue weighted by Crippen LogP contribution is -2.02. The zero-order valence-corrected chi connectivity index (χ0v) is 12.5. The molecule has 0 atom stereocenters. The molecule has 0 fully saturated rings. The van der Waals surface area contributed by atoms with E-state index in [9.17, 15) is 0 Å². The molecule has 108 valence electrons. The minimum Gasteiger partial charge on any atom is -0.395 e. The molecule has 20 heavy (non-hydrogen) atoms. The van der Waals surface area contributed by atoms with Crippen LogP contribution in [0.4, 0.5) is 11.6 Å². The van der Waals surface area contributed by atoms with Crippen molar-refractivity contribution in [2.24, 2.45) is 5.73 Å². The average Bonchev–Trinajstić information content (AvgIpc) is 2.41. The van der Waals surface area contributed by atoms with Gasteiger partial charge in [0, 0.05) is 6.54 Å². The highest BCUT2D eigenvalue weighted by Gasteiger charge is 2.05. The topological polar surface area (TPSA) is 97.0 Å². The largest absolute Gasteiger partial charge is 0.395 e. The molecule has 1 heterocycles.